The molecule has 6 atom stereocenters. The fraction of sp³-hybridized carbons (Fsp3) is 1.00. The first kappa shape index (κ1) is 16.1. The summed E-state index contributed by atoms with van der Waals surface area (Å²) in [5.74, 6) is 1.30. The SMILES string of the molecule is CCCNC1CCC(Br)CC1C1CC(Cl)CCC1N. The number of hydrogen-bond donors (Lipinski definition) is 2. The van der Waals surface area contributed by atoms with Gasteiger partial charge in [-0.2, -0.15) is 0 Å². The zero-order valence-electron chi connectivity index (χ0n) is 12.0. The van der Waals surface area contributed by atoms with Gasteiger partial charge < -0.3 is 11.1 Å². The van der Waals surface area contributed by atoms with E-state index in [1.165, 1.54) is 25.7 Å². The maximum atomic E-state index is 6.41. The summed E-state index contributed by atoms with van der Waals surface area (Å²) in [5.41, 5.74) is 6.41. The Balaban J connectivity index is 2.02. The van der Waals surface area contributed by atoms with Crippen LogP contribution in [0.1, 0.15) is 51.9 Å². The van der Waals surface area contributed by atoms with Crippen molar-refractivity contribution in [3.05, 3.63) is 0 Å². The minimum atomic E-state index is 0.340. The molecule has 112 valence electrons. The van der Waals surface area contributed by atoms with Gasteiger partial charge in [0, 0.05) is 22.3 Å². The fourth-order valence-corrected chi connectivity index (χ4v) is 4.90. The lowest BCUT2D eigenvalue weighted by atomic mass is 9.69. The Bertz CT molecular complexity index is 275. The van der Waals surface area contributed by atoms with E-state index < -0.39 is 0 Å². The van der Waals surface area contributed by atoms with Crippen LogP contribution < -0.4 is 11.1 Å². The fourth-order valence-electron chi connectivity index (χ4n) is 3.88. The monoisotopic (exact) mass is 350 g/mol. The minimum Gasteiger partial charge on any atom is -0.327 e. The Morgan fingerprint density at radius 3 is 2.68 bits per heavy atom. The molecule has 2 aliphatic carbocycles. The third-order valence-electron chi connectivity index (χ3n) is 4.93. The van der Waals surface area contributed by atoms with Gasteiger partial charge in [0.1, 0.15) is 0 Å². The first-order valence-corrected chi connectivity index (χ1v) is 9.24. The van der Waals surface area contributed by atoms with Crippen molar-refractivity contribution in [2.45, 2.75) is 74.2 Å². The van der Waals surface area contributed by atoms with Crippen molar-refractivity contribution in [1.29, 1.82) is 0 Å². The summed E-state index contributed by atoms with van der Waals surface area (Å²) < 4.78 is 0. The summed E-state index contributed by atoms with van der Waals surface area (Å²) in [7, 11) is 0. The first-order valence-electron chi connectivity index (χ1n) is 7.89. The van der Waals surface area contributed by atoms with Crippen LogP contribution in [0.3, 0.4) is 0 Å². The normalized spacial score (nSPS) is 44.2. The van der Waals surface area contributed by atoms with Crippen molar-refractivity contribution in [3.63, 3.8) is 0 Å². The van der Waals surface area contributed by atoms with E-state index in [2.05, 4.69) is 28.2 Å². The number of hydrogen-bond acceptors (Lipinski definition) is 2. The van der Waals surface area contributed by atoms with Crippen molar-refractivity contribution in [3.8, 4) is 0 Å². The maximum absolute atomic E-state index is 6.41. The Morgan fingerprint density at radius 2 is 1.95 bits per heavy atom. The van der Waals surface area contributed by atoms with Gasteiger partial charge in [-0.3, -0.25) is 0 Å². The van der Waals surface area contributed by atoms with Gasteiger partial charge in [0.05, 0.1) is 0 Å². The summed E-state index contributed by atoms with van der Waals surface area (Å²) in [6, 6.07) is 0.996. The second kappa shape index (κ2) is 7.63. The standard InChI is InChI=1S/C15H28BrClN2/c1-2-7-19-15-6-3-10(16)8-13(15)12-9-11(17)4-5-14(12)18/h10-15,19H,2-9,18H2,1H3. The van der Waals surface area contributed by atoms with E-state index in [4.69, 9.17) is 17.3 Å². The molecule has 0 bridgehead atoms. The van der Waals surface area contributed by atoms with Gasteiger partial charge in [-0.1, -0.05) is 22.9 Å². The van der Waals surface area contributed by atoms with E-state index in [0.717, 1.165) is 25.8 Å². The molecule has 6 unspecified atom stereocenters. The molecule has 19 heavy (non-hydrogen) atoms. The van der Waals surface area contributed by atoms with Crippen LogP contribution >= 0.6 is 27.5 Å². The van der Waals surface area contributed by atoms with Crippen LogP contribution in [0.25, 0.3) is 0 Å². The Kier molecular flexibility index (Phi) is 6.45. The lowest BCUT2D eigenvalue weighted by molar-refractivity contribution is 0.138. The molecule has 2 nitrogen and oxygen atoms in total. The lowest BCUT2D eigenvalue weighted by Gasteiger charge is -2.44. The largest absolute Gasteiger partial charge is 0.327 e. The van der Waals surface area contributed by atoms with E-state index in [1.807, 2.05) is 0 Å². The van der Waals surface area contributed by atoms with Gasteiger partial charge in [0.15, 0.2) is 0 Å². The van der Waals surface area contributed by atoms with E-state index in [1.54, 1.807) is 0 Å². The van der Waals surface area contributed by atoms with Crippen molar-refractivity contribution in [1.82, 2.24) is 5.32 Å². The van der Waals surface area contributed by atoms with Gasteiger partial charge in [0.25, 0.3) is 0 Å². The molecule has 0 aromatic carbocycles. The zero-order valence-corrected chi connectivity index (χ0v) is 14.3. The summed E-state index contributed by atoms with van der Waals surface area (Å²) in [4.78, 5) is 0.667. The molecule has 0 spiro atoms. The maximum Gasteiger partial charge on any atom is 0.0340 e. The predicted molar refractivity (Wildman–Crippen MR) is 87.1 cm³/mol. The third-order valence-corrected chi connectivity index (χ3v) is 6.16. The Morgan fingerprint density at radius 1 is 1.16 bits per heavy atom. The van der Waals surface area contributed by atoms with Crippen LogP contribution in [0.2, 0.25) is 0 Å². The quantitative estimate of drug-likeness (QED) is 0.759. The third kappa shape index (κ3) is 4.33. The summed E-state index contributed by atoms with van der Waals surface area (Å²) in [6.45, 7) is 3.36. The van der Waals surface area contributed by atoms with Crippen LogP contribution in [-0.2, 0) is 0 Å². The highest BCUT2D eigenvalue weighted by Gasteiger charge is 2.39. The predicted octanol–water partition coefficient (Wildman–Crippen LogP) is 3.65. The van der Waals surface area contributed by atoms with E-state index in [-0.39, 0.29) is 0 Å². The van der Waals surface area contributed by atoms with Gasteiger partial charge in [0.2, 0.25) is 0 Å². The van der Waals surface area contributed by atoms with Crippen LogP contribution in [-0.4, -0.2) is 28.8 Å². The molecule has 2 saturated carbocycles. The van der Waals surface area contributed by atoms with Crippen molar-refractivity contribution in [2.75, 3.05) is 6.54 Å². The molecule has 0 amide bonds. The van der Waals surface area contributed by atoms with E-state index >= 15 is 0 Å². The Hall–Kier alpha value is 0.690. The van der Waals surface area contributed by atoms with Crippen molar-refractivity contribution in [2.24, 2.45) is 17.6 Å². The Labute approximate surface area is 131 Å². The lowest BCUT2D eigenvalue weighted by Crippen LogP contribution is -2.50. The van der Waals surface area contributed by atoms with Gasteiger partial charge in [-0.25, -0.2) is 0 Å². The highest BCUT2D eigenvalue weighted by Crippen LogP contribution is 2.41. The number of rotatable bonds is 4. The molecule has 0 aromatic heterocycles. The van der Waals surface area contributed by atoms with E-state index in [0.29, 0.717) is 34.1 Å². The molecule has 0 aromatic rings. The molecule has 0 heterocycles. The minimum absolute atomic E-state index is 0.340. The highest BCUT2D eigenvalue weighted by atomic mass is 79.9. The average Bonchev–Trinajstić information content (AvgIpc) is 2.40. The van der Waals surface area contributed by atoms with Gasteiger partial charge >= 0.3 is 0 Å². The van der Waals surface area contributed by atoms with Crippen molar-refractivity contribution >= 4 is 27.5 Å². The molecular formula is C15H28BrClN2. The van der Waals surface area contributed by atoms with Gasteiger partial charge in [-0.05, 0) is 63.3 Å². The number of halogens is 2. The smallest absolute Gasteiger partial charge is 0.0340 e. The molecule has 0 saturated heterocycles. The molecule has 2 fully saturated rings. The average molecular weight is 352 g/mol. The topological polar surface area (TPSA) is 38.0 Å². The highest BCUT2D eigenvalue weighted by molar-refractivity contribution is 9.09. The van der Waals surface area contributed by atoms with Crippen molar-refractivity contribution < 1.29 is 0 Å². The summed E-state index contributed by atoms with van der Waals surface area (Å²) >= 11 is 10.2. The van der Waals surface area contributed by atoms with Crippen LogP contribution in [0, 0.1) is 11.8 Å². The molecule has 0 radical (unpaired) electrons. The zero-order chi connectivity index (χ0) is 13.8. The molecule has 3 N–H and O–H groups in total. The first-order chi connectivity index (χ1) is 9.11. The summed E-state index contributed by atoms with van der Waals surface area (Å²) in [6.07, 6.45) is 8.32. The second-order valence-electron chi connectivity index (χ2n) is 6.37. The number of nitrogens with one attached hydrogen (secondary N) is 1. The van der Waals surface area contributed by atoms with Gasteiger partial charge in [-0.15, -0.1) is 11.6 Å². The van der Waals surface area contributed by atoms with Crippen LogP contribution in [0.15, 0.2) is 0 Å². The second-order valence-corrected chi connectivity index (χ2v) is 8.29. The van der Waals surface area contributed by atoms with E-state index in [9.17, 15) is 0 Å². The molecular weight excluding hydrogens is 324 g/mol. The molecule has 2 aliphatic rings. The molecule has 4 heteroatoms. The number of alkyl halides is 2. The number of nitrogens with two attached hydrogens (primary N) is 1. The summed E-state index contributed by atoms with van der Waals surface area (Å²) in [5, 5.41) is 4.10. The molecule has 2 rings (SSSR count). The van der Waals surface area contributed by atoms with Crippen LogP contribution in [0.4, 0.5) is 0 Å². The molecule has 0 aliphatic heterocycles. The van der Waals surface area contributed by atoms with Crippen LogP contribution in [0.5, 0.6) is 0 Å².